The number of alkyl halides is 1. The molecule has 0 saturated heterocycles. The molecule has 0 heterocycles. The van der Waals surface area contributed by atoms with E-state index in [1.54, 1.807) is 0 Å². The molecule has 0 aromatic carbocycles. The van der Waals surface area contributed by atoms with Crippen LogP contribution in [0.15, 0.2) is 0 Å². The molecule has 1 unspecified atom stereocenters. The van der Waals surface area contributed by atoms with Gasteiger partial charge in [-0.15, -0.1) is 0 Å². The topological polar surface area (TPSA) is 9.23 Å². The number of hydrogen-bond acceptors (Lipinski definition) is 1. The molecule has 0 aliphatic heterocycles. The van der Waals surface area contributed by atoms with Gasteiger partial charge in [-0.1, -0.05) is 35.2 Å². The number of hydrogen-bond donors (Lipinski definition) is 0. The lowest BCUT2D eigenvalue weighted by Gasteiger charge is -2.16. The smallest absolute Gasteiger partial charge is 0.0465 e. The van der Waals surface area contributed by atoms with E-state index >= 15 is 0 Å². The van der Waals surface area contributed by atoms with Gasteiger partial charge in [0.1, 0.15) is 0 Å². The Morgan fingerprint density at radius 1 is 1.29 bits per heavy atom. The van der Waals surface area contributed by atoms with Gasteiger partial charge >= 0.3 is 0 Å². The Morgan fingerprint density at radius 3 is 2.64 bits per heavy atom. The Balaban J connectivity index is 1.94. The first-order chi connectivity index (χ1) is 6.84. The monoisotopic (exact) mass is 262 g/mol. The third kappa shape index (κ3) is 4.79. The second-order valence-corrected chi connectivity index (χ2v) is 5.43. The Kier molecular flexibility index (Phi) is 6.88. The van der Waals surface area contributed by atoms with Gasteiger partial charge in [0.2, 0.25) is 0 Å². The van der Waals surface area contributed by atoms with Crippen molar-refractivity contribution in [2.45, 2.75) is 56.7 Å². The molecule has 0 aromatic rings. The highest BCUT2D eigenvalue weighted by molar-refractivity contribution is 9.09. The molecule has 0 bridgehead atoms. The molecular weight excluding hydrogens is 240 g/mol. The first-order valence-corrected chi connectivity index (χ1v) is 6.98. The van der Waals surface area contributed by atoms with Crippen molar-refractivity contribution >= 4 is 15.9 Å². The number of halogens is 1. The molecular formula is C12H23BrO. The predicted octanol–water partition coefficient (Wildman–Crippen LogP) is 4.15. The van der Waals surface area contributed by atoms with E-state index in [4.69, 9.17) is 4.74 Å². The van der Waals surface area contributed by atoms with E-state index in [1.807, 2.05) is 0 Å². The van der Waals surface area contributed by atoms with E-state index in [-0.39, 0.29) is 0 Å². The van der Waals surface area contributed by atoms with Gasteiger partial charge < -0.3 is 4.74 Å². The van der Waals surface area contributed by atoms with Gasteiger partial charge in [-0.05, 0) is 38.5 Å². The van der Waals surface area contributed by atoms with E-state index in [0.29, 0.717) is 0 Å². The van der Waals surface area contributed by atoms with E-state index in [0.717, 1.165) is 24.0 Å². The zero-order valence-electron chi connectivity index (χ0n) is 9.30. The van der Waals surface area contributed by atoms with Gasteiger partial charge in [0, 0.05) is 18.0 Å². The summed E-state index contributed by atoms with van der Waals surface area (Å²) in [6.07, 6.45) is 9.66. The van der Waals surface area contributed by atoms with Crippen LogP contribution in [0.5, 0.6) is 0 Å². The average Bonchev–Trinajstić information content (AvgIpc) is 2.70. The average molecular weight is 263 g/mol. The summed E-state index contributed by atoms with van der Waals surface area (Å²) < 4.78 is 5.33. The van der Waals surface area contributed by atoms with Crippen LogP contribution in [-0.2, 0) is 4.74 Å². The van der Waals surface area contributed by atoms with Crippen LogP contribution in [0.4, 0.5) is 0 Å². The molecule has 1 atom stereocenters. The standard InChI is InChI=1S/C12H23BrO/c1-2-14-10-6-5-9-12(13)11-7-3-4-8-11/h11-12H,2-10H2,1H3. The van der Waals surface area contributed by atoms with Crippen molar-refractivity contribution in [1.29, 1.82) is 0 Å². The Hall–Kier alpha value is 0.440. The largest absolute Gasteiger partial charge is 0.382 e. The fourth-order valence-corrected chi connectivity index (χ4v) is 3.09. The molecule has 0 spiro atoms. The van der Waals surface area contributed by atoms with Crippen LogP contribution < -0.4 is 0 Å². The maximum atomic E-state index is 5.33. The van der Waals surface area contributed by atoms with Gasteiger partial charge in [0.05, 0.1) is 0 Å². The number of ether oxygens (including phenoxy) is 1. The molecule has 84 valence electrons. The van der Waals surface area contributed by atoms with Crippen molar-refractivity contribution in [2.75, 3.05) is 13.2 Å². The summed E-state index contributed by atoms with van der Waals surface area (Å²) in [6.45, 7) is 3.87. The molecule has 1 saturated carbocycles. The third-order valence-corrected chi connectivity index (χ3v) is 4.34. The van der Waals surface area contributed by atoms with Crippen molar-refractivity contribution in [3.05, 3.63) is 0 Å². The Labute approximate surface area is 96.7 Å². The lowest BCUT2D eigenvalue weighted by atomic mass is 10.00. The summed E-state index contributed by atoms with van der Waals surface area (Å²) in [6, 6.07) is 0. The summed E-state index contributed by atoms with van der Waals surface area (Å²) in [5.74, 6) is 0.960. The summed E-state index contributed by atoms with van der Waals surface area (Å²) in [7, 11) is 0. The van der Waals surface area contributed by atoms with E-state index < -0.39 is 0 Å². The maximum Gasteiger partial charge on any atom is 0.0465 e. The molecule has 2 heteroatoms. The minimum absolute atomic E-state index is 0.770. The molecule has 1 rings (SSSR count). The molecule has 0 amide bonds. The van der Waals surface area contributed by atoms with Gasteiger partial charge in [-0.25, -0.2) is 0 Å². The van der Waals surface area contributed by atoms with Crippen molar-refractivity contribution in [1.82, 2.24) is 0 Å². The van der Waals surface area contributed by atoms with Crippen molar-refractivity contribution in [3.8, 4) is 0 Å². The first-order valence-electron chi connectivity index (χ1n) is 6.06. The van der Waals surface area contributed by atoms with E-state index in [1.165, 1.54) is 44.9 Å². The molecule has 1 nitrogen and oxygen atoms in total. The van der Waals surface area contributed by atoms with Gasteiger partial charge in [-0.3, -0.25) is 0 Å². The highest BCUT2D eigenvalue weighted by Crippen LogP contribution is 2.33. The van der Waals surface area contributed by atoms with Gasteiger partial charge in [0.15, 0.2) is 0 Å². The van der Waals surface area contributed by atoms with Gasteiger partial charge in [0.25, 0.3) is 0 Å². The SMILES string of the molecule is CCOCCCCC(Br)C1CCCC1. The molecule has 1 aliphatic rings. The summed E-state index contributed by atoms with van der Waals surface area (Å²) in [5, 5.41) is 0. The molecule has 14 heavy (non-hydrogen) atoms. The molecule has 0 aromatic heterocycles. The summed E-state index contributed by atoms with van der Waals surface area (Å²) in [4.78, 5) is 0.770. The number of unbranched alkanes of at least 4 members (excludes halogenated alkanes) is 1. The van der Waals surface area contributed by atoms with Crippen LogP contribution >= 0.6 is 15.9 Å². The molecule has 0 radical (unpaired) electrons. The third-order valence-electron chi connectivity index (χ3n) is 3.13. The van der Waals surface area contributed by atoms with Crippen molar-refractivity contribution < 1.29 is 4.74 Å². The fourth-order valence-electron chi connectivity index (χ4n) is 2.24. The van der Waals surface area contributed by atoms with Crippen LogP contribution in [0.2, 0.25) is 0 Å². The highest BCUT2D eigenvalue weighted by atomic mass is 79.9. The van der Waals surface area contributed by atoms with Crippen LogP contribution in [0.3, 0.4) is 0 Å². The van der Waals surface area contributed by atoms with E-state index in [9.17, 15) is 0 Å². The maximum absolute atomic E-state index is 5.33. The molecule has 0 N–H and O–H groups in total. The molecule has 1 aliphatic carbocycles. The minimum Gasteiger partial charge on any atom is -0.382 e. The summed E-state index contributed by atoms with van der Waals surface area (Å²) >= 11 is 3.83. The fraction of sp³-hybridized carbons (Fsp3) is 1.00. The lowest BCUT2D eigenvalue weighted by Crippen LogP contribution is -2.10. The molecule has 1 fully saturated rings. The normalized spacial score (nSPS) is 20.1. The van der Waals surface area contributed by atoms with Crippen LogP contribution in [0, 0.1) is 5.92 Å². The van der Waals surface area contributed by atoms with E-state index in [2.05, 4.69) is 22.9 Å². The number of rotatable bonds is 7. The second-order valence-electron chi connectivity index (χ2n) is 4.25. The Bertz CT molecular complexity index is 132. The van der Waals surface area contributed by atoms with Crippen LogP contribution in [0.25, 0.3) is 0 Å². The van der Waals surface area contributed by atoms with Gasteiger partial charge in [-0.2, -0.15) is 0 Å². The van der Waals surface area contributed by atoms with Crippen molar-refractivity contribution in [2.24, 2.45) is 5.92 Å². The zero-order chi connectivity index (χ0) is 10.2. The first kappa shape index (κ1) is 12.5. The van der Waals surface area contributed by atoms with Crippen LogP contribution in [0.1, 0.15) is 51.9 Å². The van der Waals surface area contributed by atoms with Crippen LogP contribution in [-0.4, -0.2) is 18.0 Å². The minimum atomic E-state index is 0.770. The summed E-state index contributed by atoms with van der Waals surface area (Å²) in [5.41, 5.74) is 0. The quantitative estimate of drug-likeness (QED) is 0.495. The second kappa shape index (κ2) is 7.70. The Morgan fingerprint density at radius 2 is 2.00 bits per heavy atom. The predicted molar refractivity (Wildman–Crippen MR) is 65.0 cm³/mol. The van der Waals surface area contributed by atoms with Crippen molar-refractivity contribution in [3.63, 3.8) is 0 Å². The lowest BCUT2D eigenvalue weighted by molar-refractivity contribution is 0.142. The zero-order valence-corrected chi connectivity index (χ0v) is 10.9. The highest BCUT2D eigenvalue weighted by Gasteiger charge is 2.21.